The molecule has 7 heteroatoms. The maximum Gasteiger partial charge on any atom is 0.267 e. The molecule has 1 aliphatic rings. The van der Waals surface area contributed by atoms with E-state index in [2.05, 4.69) is 11.2 Å². The molecular formula is C24H16N4O2S. The van der Waals surface area contributed by atoms with E-state index in [-0.39, 0.29) is 11.4 Å². The standard InChI is InChI=1S/C24H16N4O2S/c1-2-31-21-19(14-25)22(28(26-21)16-10-4-3-5-11-16)27-23(29)17-12-6-8-15-9-7-13-18(20(15)17)24(27)30/h3-13H,2H2,1H3. The topological polar surface area (TPSA) is 79.0 Å². The van der Waals surface area contributed by atoms with Crippen molar-refractivity contribution in [1.82, 2.24) is 9.78 Å². The quantitative estimate of drug-likeness (QED) is 0.347. The second-order valence-electron chi connectivity index (χ2n) is 6.95. The SMILES string of the molecule is CCSc1nn(-c2ccccc2)c(N2C(=O)c3cccc4cccc(c34)C2=O)c1C#N. The molecule has 0 spiro atoms. The lowest BCUT2D eigenvalue weighted by Gasteiger charge is -2.27. The monoisotopic (exact) mass is 424 g/mol. The average molecular weight is 424 g/mol. The van der Waals surface area contributed by atoms with E-state index in [0.29, 0.717) is 33.0 Å². The fourth-order valence-corrected chi connectivity index (χ4v) is 4.60. The summed E-state index contributed by atoms with van der Waals surface area (Å²) in [5.41, 5.74) is 1.74. The van der Waals surface area contributed by atoms with Gasteiger partial charge in [-0.15, -0.1) is 11.8 Å². The number of carbonyl (C=O) groups is 2. The van der Waals surface area contributed by atoms with E-state index in [4.69, 9.17) is 0 Å². The molecule has 0 aliphatic carbocycles. The van der Waals surface area contributed by atoms with Gasteiger partial charge in [-0.1, -0.05) is 49.4 Å². The van der Waals surface area contributed by atoms with E-state index >= 15 is 0 Å². The van der Waals surface area contributed by atoms with Crippen LogP contribution in [0.3, 0.4) is 0 Å². The van der Waals surface area contributed by atoms with Gasteiger partial charge in [0.2, 0.25) is 0 Å². The molecule has 1 aromatic heterocycles. The van der Waals surface area contributed by atoms with E-state index < -0.39 is 11.8 Å². The van der Waals surface area contributed by atoms with Crippen molar-refractivity contribution in [1.29, 1.82) is 5.26 Å². The molecule has 150 valence electrons. The number of hydrogen-bond donors (Lipinski definition) is 0. The second-order valence-corrected chi connectivity index (χ2v) is 8.20. The van der Waals surface area contributed by atoms with Crippen LogP contribution in [0.15, 0.2) is 71.8 Å². The van der Waals surface area contributed by atoms with Gasteiger partial charge in [-0.3, -0.25) is 9.59 Å². The lowest BCUT2D eigenvalue weighted by Crippen LogP contribution is -2.42. The molecule has 0 saturated carbocycles. The highest BCUT2D eigenvalue weighted by Gasteiger charge is 2.38. The molecule has 0 unspecified atom stereocenters. The molecule has 0 bridgehead atoms. The molecule has 6 nitrogen and oxygen atoms in total. The number of benzene rings is 3. The van der Waals surface area contributed by atoms with E-state index in [1.807, 2.05) is 49.4 Å². The number of nitrogens with zero attached hydrogens (tertiary/aromatic N) is 4. The minimum absolute atomic E-state index is 0.172. The number of anilines is 1. The van der Waals surface area contributed by atoms with Gasteiger partial charge in [0, 0.05) is 16.5 Å². The molecule has 2 amide bonds. The van der Waals surface area contributed by atoms with Crippen molar-refractivity contribution < 1.29 is 9.59 Å². The van der Waals surface area contributed by atoms with E-state index in [0.717, 1.165) is 10.3 Å². The van der Waals surface area contributed by atoms with Gasteiger partial charge in [0.25, 0.3) is 11.8 Å². The summed E-state index contributed by atoms with van der Waals surface area (Å²) < 4.78 is 1.51. The van der Waals surface area contributed by atoms with Crippen LogP contribution in [0.5, 0.6) is 0 Å². The highest BCUT2D eigenvalue weighted by molar-refractivity contribution is 7.99. The van der Waals surface area contributed by atoms with Crippen LogP contribution in [-0.2, 0) is 0 Å². The molecule has 2 heterocycles. The molecule has 0 fully saturated rings. The van der Waals surface area contributed by atoms with Crippen molar-refractivity contribution >= 4 is 40.2 Å². The van der Waals surface area contributed by atoms with Gasteiger partial charge in [0.05, 0.1) is 5.69 Å². The van der Waals surface area contributed by atoms with Gasteiger partial charge in [0.15, 0.2) is 5.82 Å². The number of thioether (sulfide) groups is 1. The van der Waals surface area contributed by atoms with E-state index in [1.165, 1.54) is 16.4 Å². The summed E-state index contributed by atoms with van der Waals surface area (Å²) in [5, 5.41) is 16.5. The van der Waals surface area contributed by atoms with Crippen molar-refractivity contribution in [3.63, 3.8) is 0 Å². The highest BCUT2D eigenvalue weighted by atomic mass is 32.2. The lowest BCUT2D eigenvalue weighted by atomic mass is 9.94. The maximum atomic E-state index is 13.6. The lowest BCUT2D eigenvalue weighted by molar-refractivity contribution is 0.0891. The number of hydrogen-bond acceptors (Lipinski definition) is 5. The van der Waals surface area contributed by atoms with Gasteiger partial charge in [0.1, 0.15) is 16.7 Å². The summed E-state index contributed by atoms with van der Waals surface area (Å²) in [6.45, 7) is 1.96. The first kappa shape index (κ1) is 19.1. The third-order valence-corrected chi connectivity index (χ3v) is 6.05. The number of nitriles is 1. The minimum Gasteiger partial charge on any atom is -0.268 e. The average Bonchev–Trinajstić information content (AvgIpc) is 3.16. The summed E-state index contributed by atoms with van der Waals surface area (Å²) in [6.07, 6.45) is 0. The number of amides is 2. The Kier molecular flexibility index (Phi) is 4.57. The van der Waals surface area contributed by atoms with Crippen molar-refractivity contribution in [3.05, 3.63) is 83.4 Å². The fourth-order valence-electron chi connectivity index (χ4n) is 3.90. The van der Waals surface area contributed by atoms with Gasteiger partial charge in [-0.05, 0) is 35.4 Å². The van der Waals surface area contributed by atoms with E-state index in [9.17, 15) is 14.9 Å². The summed E-state index contributed by atoms with van der Waals surface area (Å²) in [5.74, 6) is -0.0535. The first-order chi connectivity index (χ1) is 15.2. The second kappa shape index (κ2) is 7.42. The normalized spacial score (nSPS) is 13.0. The Balaban J connectivity index is 1.80. The van der Waals surface area contributed by atoms with Crippen LogP contribution in [0, 0.1) is 11.3 Å². The van der Waals surface area contributed by atoms with Crippen LogP contribution in [0.1, 0.15) is 33.2 Å². The predicted molar refractivity (Wildman–Crippen MR) is 120 cm³/mol. The largest absolute Gasteiger partial charge is 0.268 e. The van der Waals surface area contributed by atoms with Crippen LogP contribution in [0.25, 0.3) is 16.5 Å². The van der Waals surface area contributed by atoms with E-state index in [1.54, 1.807) is 24.3 Å². The Morgan fingerprint density at radius 2 is 1.58 bits per heavy atom. The number of carbonyl (C=O) groups excluding carboxylic acids is 2. The zero-order valence-corrected chi connectivity index (χ0v) is 17.4. The predicted octanol–water partition coefficient (Wildman–Crippen LogP) is 4.81. The summed E-state index contributed by atoms with van der Waals surface area (Å²) in [7, 11) is 0. The van der Waals surface area contributed by atoms with Crippen molar-refractivity contribution in [2.45, 2.75) is 11.9 Å². The van der Waals surface area contributed by atoms with Crippen LogP contribution >= 0.6 is 11.8 Å². The van der Waals surface area contributed by atoms with Gasteiger partial charge in [-0.25, -0.2) is 9.58 Å². The molecular weight excluding hydrogens is 408 g/mol. The number of aromatic nitrogens is 2. The molecule has 1 aliphatic heterocycles. The molecule has 0 saturated heterocycles. The number of imide groups is 1. The third-order valence-electron chi connectivity index (χ3n) is 5.21. The molecule has 31 heavy (non-hydrogen) atoms. The van der Waals surface area contributed by atoms with Crippen LogP contribution in [-0.4, -0.2) is 27.3 Å². The molecule has 3 aromatic carbocycles. The van der Waals surface area contributed by atoms with Crippen molar-refractivity contribution in [2.75, 3.05) is 10.7 Å². The van der Waals surface area contributed by atoms with Crippen LogP contribution < -0.4 is 4.90 Å². The van der Waals surface area contributed by atoms with Gasteiger partial charge >= 0.3 is 0 Å². The highest BCUT2D eigenvalue weighted by Crippen LogP contribution is 2.38. The molecule has 0 atom stereocenters. The van der Waals surface area contributed by atoms with Crippen molar-refractivity contribution in [2.24, 2.45) is 0 Å². The molecule has 0 N–H and O–H groups in total. The molecule has 0 radical (unpaired) electrons. The first-order valence-electron chi connectivity index (χ1n) is 9.77. The van der Waals surface area contributed by atoms with Crippen LogP contribution in [0.2, 0.25) is 0 Å². The third kappa shape index (κ3) is 2.84. The summed E-state index contributed by atoms with van der Waals surface area (Å²) in [6, 6.07) is 22.2. The Morgan fingerprint density at radius 1 is 0.935 bits per heavy atom. The van der Waals surface area contributed by atoms with Crippen molar-refractivity contribution in [3.8, 4) is 11.8 Å². The van der Waals surface area contributed by atoms with Crippen LogP contribution in [0.4, 0.5) is 5.82 Å². The Bertz CT molecular complexity index is 1350. The zero-order valence-electron chi connectivity index (χ0n) is 16.6. The van der Waals surface area contributed by atoms with Gasteiger partial charge < -0.3 is 0 Å². The number of para-hydroxylation sites is 1. The summed E-state index contributed by atoms with van der Waals surface area (Å²) in [4.78, 5) is 28.3. The fraction of sp³-hybridized carbons (Fsp3) is 0.0833. The number of rotatable bonds is 4. The Hall–Kier alpha value is -3.89. The smallest absolute Gasteiger partial charge is 0.267 e. The summed E-state index contributed by atoms with van der Waals surface area (Å²) >= 11 is 1.40. The maximum absolute atomic E-state index is 13.6. The molecule has 5 rings (SSSR count). The first-order valence-corrected chi connectivity index (χ1v) is 10.8. The Labute approximate surface area is 182 Å². The molecule has 4 aromatic rings. The zero-order chi connectivity index (χ0) is 21.5. The minimum atomic E-state index is -0.462. The van der Waals surface area contributed by atoms with Gasteiger partial charge in [-0.2, -0.15) is 10.4 Å². The Morgan fingerprint density at radius 3 is 2.16 bits per heavy atom.